The van der Waals surface area contributed by atoms with Crippen LogP contribution in [0.25, 0.3) is 0 Å². The molecule has 0 aromatic carbocycles. The Morgan fingerprint density at radius 3 is 2.86 bits per heavy atom. The second-order valence-corrected chi connectivity index (χ2v) is 6.67. The first-order chi connectivity index (χ1) is 10.1. The SMILES string of the molecule is CCCNc1ncc(F)cc1C(=O)NCC1(SC)CCC1. The number of carbonyl (C=O) groups excluding carboxylic acids is 1. The zero-order valence-electron chi connectivity index (χ0n) is 12.5. The number of hydrogen-bond acceptors (Lipinski definition) is 4. The molecule has 0 saturated heterocycles. The maximum atomic E-state index is 13.4. The number of nitrogens with one attached hydrogen (secondary N) is 2. The molecule has 116 valence electrons. The molecule has 1 aromatic heterocycles. The number of rotatable bonds is 7. The van der Waals surface area contributed by atoms with Crippen LogP contribution in [0, 0.1) is 5.82 Å². The molecule has 6 heteroatoms. The van der Waals surface area contributed by atoms with Gasteiger partial charge < -0.3 is 10.6 Å². The van der Waals surface area contributed by atoms with Gasteiger partial charge in [-0.3, -0.25) is 4.79 Å². The Labute approximate surface area is 129 Å². The van der Waals surface area contributed by atoms with Crippen LogP contribution in [0.2, 0.25) is 0 Å². The summed E-state index contributed by atoms with van der Waals surface area (Å²) in [4.78, 5) is 16.3. The van der Waals surface area contributed by atoms with Crippen molar-refractivity contribution in [1.29, 1.82) is 0 Å². The van der Waals surface area contributed by atoms with Crippen LogP contribution >= 0.6 is 11.8 Å². The summed E-state index contributed by atoms with van der Waals surface area (Å²) >= 11 is 1.80. The van der Waals surface area contributed by atoms with Gasteiger partial charge in [-0.15, -0.1) is 0 Å². The topological polar surface area (TPSA) is 54.0 Å². The van der Waals surface area contributed by atoms with Crippen molar-refractivity contribution in [1.82, 2.24) is 10.3 Å². The molecule has 0 atom stereocenters. The van der Waals surface area contributed by atoms with E-state index in [1.54, 1.807) is 11.8 Å². The highest BCUT2D eigenvalue weighted by Crippen LogP contribution is 2.42. The molecule has 1 aliphatic rings. The van der Waals surface area contributed by atoms with Crippen LogP contribution < -0.4 is 10.6 Å². The lowest BCUT2D eigenvalue weighted by atomic mass is 9.84. The molecule has 0 unspecified atom stereocenters. The zero-order chi connectivity index (χ0) is 15.3. The van der Waals surface area contributed by atoms with Crippen LogP contribution in [0.5, 0.6) is 0 Å². The number of nitrogens with zero attached hydrogens (tertiary/aromatic N) is 1. The number of aromatic nitrogens is 1. The zero-order valence-corrected chi connectivity index (χ0v) is 13.4. The van der Waals surface area contributed by atoms with Crippen LogP contribution in [-0.2, 0) is 0 Å². The van der Waals surface area contributed by atoms with Gasteiger partial charge in [-0.1, -0.05) is 13.3 Å². The molecular weight excluding hydrogens is 289 g/mol. The van der Waals surface area contributed by atoms with Crippen molar-refractivity contribution in [2.24, 2.45) is 0 Å². The minimum absolute atomic E-state index is 0.160. The molecule has 0 bridgehead atoms. The highest BCUT2D eigenvalue weighted by molar-refractivity contribution is 8.00. The fourth-order valence-corrected chi connectivity index (χ4v) is 3.27. The van der Waals surface area contributed by atoms with E-state index in [0.717, 1.165) is 25.5 Å². The third-order valence-electron chi connectivity index (χ3n) is 3.91. The van der Waals surface area contributed by atoms with E-state index in [1.165, 1.54) is 12.5 Å². The maximum Gasteiger partial charge on any atom is 0.255 e. The fourth-order valence-electron chi connectivity index (χ4n) is 2.36. The molecule has 1 aromatic rings. The van der Waals surface area contributed by atoms with Crippen LogP contribution in [0.4, 0.5) is 10.2 Å². The van der Waals surface area contributed by atoms with Gasteiger partial charge >= 0.3 is 0 Å². The summed E-state index contributed by atoms with van der Waals surface area (Å²) in [7, 11) is 0. The third-order valence-corrected chi connectivity index (χ3v) is 5.33. The molecule has 0 aliphatic heterocycles. The Balaban J connectivity index is 2.05. The van der Waals surface area contributed by atoms with E-state index in [-0.39, 0.29) is 16.2 Å². The minimum atomic E-state index is -0.495. The predicted molar refractivity (Wildman–Crippen MR) is 85.4 cm³/mol. The van der Waals surface area contributed by atoms with Crippen molar-refractivity contribution in [2.75, 3.05) is 24.7 Å². The lowest BCUT2D eigenvalue weighted by Gasteiger charge is -2.40. The Kier molecular flexibility index (Phi) is 5.45. The van der Waals surface area contributed by atoms with Gasteiger partial charge in [0.1, 0.15) is 11.6 Å². The van der Waals surface area contributed by atoms with E-state index < -0.39 is 5.82 Å². The Morgan fingerprint density at radius 2 is 2.29 bits per heavy atom. The Hall–Kier alpha value is -1.30. The van der Waals surface area contributed by atoms with Gasteiger partial charge in [-0.05, 0) is 31.6 Å². The fraction of sp³-hybridized carbons (Fsp3) is 0.600. The molecule has 21 heavy (non-hydrogen) atoms. The monoisotopic (exact) mass is 311 g/mol. The van der Waals surface area contributed by atoms with E-state index >= 15 is 0 Å². The molecule has 1 aliphatic carbocycles. The van der Waals surface area contributed by atoms with E-state index in [1.807, 2.05) is 6.92 Å². The number of carbonyl (C=O) groups is 1. The van der Waals surface area contributed by atoms with Gasteiger partial charge in [0.25, 0.3) is 5.91 Å². The van der Waals surface area contributed by atoms with E-state index in [4.69, 9.17) is 0 Å². The second-order valence-electron chi connectivity index (χ2n) is 5.40. The van der Waals surface area contributed by atoms with E-state index in [9.17, 15) is 9.18 Å². The van der Waals surface area contributed by atoms with Crippen LogP contribution in [-0.4, -0.2) is 35.0 Å². The highest BCUT2D eigenvalue weighted by atomic mass is 32.2. The standard InChI is InChI=1S/C15H22FN3OS/c1-3-7-17-13-12(8-11(16)9-18-13)14(20)19-10-15(21-2)5-4-6-15/h8-9H,3-7,10H2,1-2H3,(H,17,18)(H,19,20). The third kappa shape index (κ3) is 3.87. The Bertz CT molecular complexity index is 500. The van der Waals surface area contributed by atoms with Crippen molar-refractivity contribution in [3.8, 4) is 0 Å². The molecule has 4 nitrogen and oxygen atoms in total. The number of amides is 1. The summed E-state index contributed by atoms with van der Waals surface area (Å²) in [6, 6.07) is 1.24. The number of thioether (sulfide) groups is 1. The number of anilines is 1. The van der Waals surface area contributed by atoms with Gasteiger partial charge in [0, 0.05) is 17.8 Å². The van der Waals surface area contributed by atoms with Crippen LogP contribution in [0.3, 0.4) is 0 Å². The molecule has 1 saturated carbocycles. The number of halogens is 1. The van der Waals surface area contributed by atoms with Crippen molar-refractivity contribution < 1.29 is 9.18 Å². The normalized spacial score (nSPS) is 16.1. The number of hydrogen-bond donors (Lipinski definition) is 2. The predicted octanol–water partition coefficient (Wildman–Crippen LogP) is 3.06. The molecule has 2 rings (SSSR count). The van der Waals surface area contributed by atoms with E-state index in [2.05, 4.69) is 21.9 Å². The summed E-state index contributed by atoms with van der Waals surface area (Å²) in [6.07, 6.45) is 7.57. The van der Waals surface area contributed by atoms with Crippen molar-refractivity contribution in [2.45, 2.75) is 37.4 Å². The smallest absolute Gasteiger partial charge is 0.255 e. The van der Waals surface area contributed by atoms with Crippen LogP contribution in [0.1, 0.15) is 43.0 Å². The lowest BCUT2D eigenvalue weighted by molar-refractivity contribution is 0.0944. The lowest BCUT2D eigenvalue weighted by Crippen LogP contribution is -2.45. The highest BCUT2D eigenvalue weighted by Gasteiger charge is 2.36. The molecular formula is C15H22FN3OS. The molecule has 2 N–H and O–H groups in total. The average Bonchev–Trinajstić information content (AvgIpc) is 2.45. The summed E-state index contributed by atoms with van der Waals surface area (Å²) in [5.41, 5.74) is 0.277. The summed E-state index contributed by atoms with van der Waals surface area (Å²) in [5.74, 6) is -0.311. The average molecular weight is 311 g/mol. The van der Waals surface area contributed by atoms with Crippen molar-refractivity contribution in [3.63, 3.8) is 0 Å². The van der Waals surface area contributed by atoms with Gasteiger partial charge in [0.15, 0.2) is 0 Å². The van der Waals surface area contributed by atoms with Gasteiger partial charge in [-0.25, -0.2) is 9.37 Å². The molecule has 1 fully saturated rings. The summed E-state index contributed by atoms with van der Waals surface area (Å²) in [5, 5.41) is 6.00. The molecule has 0 radical (unpaired) electrons. The minimum Gasteiger partial charge on any atom is -0.369 e. The maximum absolute atomic E-state index is 13.4. The molecule has 1 heterocycles. The Morgan fingerprint density at radius 1 is 1.52 bits per heavy atom. The van der Waals surface area contributed by atoms with Gasteiger partial charge in [-0.2, -0.15) is 11.8 Å². The number of pyridine rings is 1. The van der Waals surface area contributed by atoms with Crippen molar-refractivity contribution >= 4 is 23.5 Å². The van der Waals surface area contributed by atoms with Gasteiger partial charge in [0.05, 0.1) is 11.8 Å². The van der Waals surface area contributed by atoms with Crippen LogP contribution in [0.15, 0.2) is 12.3 Å². The first-order valence-electron chi connectivity index (χ1n) is 7.33. The molecule has 0 spiro atoms. The van der Waals surface area contributed by atoms with Crippen molar-refractivity contribution in [3.05, 3.63) is 23.6 Å². The largest absolute Gasteiger partial charge is 0.369 e. The quantitative estimate of drug-likeness (QED) is 0.812. The molecule has 1 amide bonds. The van der Waals surface area contributed by atoms with E-state index in [0.29, 0.717) is 18.9 Å². The summed E-state index contributed by atoms with van der Waals surface area (Å²) in [6.45, 7) is 3.35. The first kappa shape index (κ1) is 16.1. The first-order valence-corrected chi connectivity index (χ1v) is 8.55. The second kappa shape index (κ2) is 7.11. The summed E-state index contributed by atoms with van der Waals surface area (Å²) < 4.78 is 13.5. The van der Waals surface area contributed by atoms with Gasteiger partial charge in [0.2, 0.25) is 0 Å².